The fourth-order valence-electron chi connectivity index (χ4n) is 2.31. The van der Waals surface area contributed by atoms with Crippen LogP contribution in [0.15, 0.2) is 41.1 Å². The van der Waals surface area contributed by atoms with E-state index in [0.29, 0.717) is 20.9 Å². The van der Waals surface area contributed by atoms with Crippen LogP contribution < -0.4 is 5.32 Å². The lowest BCUT2D eigenvalue weighted by atomic mass is 10.1. The number of benzene rings is 1. The van der Waals surface area contributed by atoms with Crippen molar-refractivity contribution in [2.24, 2.45) is 0 Å². The summed E-state index contributed by atoms with van der Waals surface area (Å²) in [5.74, 6) is -1.73. The molecule has 26 heavy (non-hydrogen) atoms. The molecule has 0 aliphatic rings. The summed E-state index contributed by atoms with van der Waals surface area (Å²) in [6, 6.07) is 7.28. The van der Waals surface area contributed by atoms with Gasteiger partial charge in [0.05, 0.1) is 10.6 Å². The molecule has 1 aromatic carbocycles. The van der Waals surface area contributed by atoms with Crippen LogP contribution in [0.2, 0.25) is 0 Å². The SMILES string of the molecule is O=C(O)c1ccc(-c2cc(NCCc3c(F)cc(Br)cc3F)ncn2)s1. The lowest BCUT2D eigenvalue weighted by molar-refractivity contribution is 0.0702. The van der Waals surface area contributed by atoms with Crippen molar-refractivity contribution in [1.29, 1.82) is 0 Å². The van der Waals surface area contributed by atoms with Gasteiger partial charge in [0.2, 0.25) is 0 Å². The summed E-state index contributed by atoms with van der Waals surface area (Å²) in [5.41, 5.74) is 0.570. The number of hydrogen-bond acceptors (Lipinski definition) is 5. The molecule has 3 rings (SSSR count). The highest BCUT2D eigenvalue weighted by molar-refractivity contribution is 9.10. The lowest BCUT2D eigenvalue weighted by Gasteiger charge is -2.08. The van der Waals surface area contributed by atoms with Crippen molar-refractivity contribution < 1.29 is 18.7 Å². The molecule has 0 aliphatic heterocycles. The number of anilines is 1. The smallest absolute Gasteiger partial charge is 0.345 e. The molecule has 0 spiro atoms. The molecule has 2 N–H and O–H groups in total. The van der Waals surface area contributed by atoms with E-state index in [-0.39, 0.29) is 23.4 Å². The molecule has 2 heterocycles. The molecule has 2 aromatic heterocycles. The first-order valence-corrected chi connectivity index (χ1v) is 9.08. The molecule has 3 aromatic rings. The van der Waals surface area contributed by atoms with Crippen LogP contribution in [-0.4, -0.2) is 27.6 Å². The molecule has 5 nitrogen and oxygen atoms in total. The van der Waals surface area contributed by atoms with E-state index in [1.165, 1.54) is 24.5 Å². The molecule has 134 valence electrons. The van der Waals surface area contributed by atoms with Crippen molar-refractivity contribution in [3.63, 3.8) is 0 Å². The summed E-state index contributed by atoms with van der Waals surface area (Å²) < 4.78 is 28.0. The summed E-state index contributed by atoms with van der Waals surface area (Å²) in [5, 5.41) is 12.0. The van der Waals surface area contributed by atoms with Crippen LogP contribution in [0.4, 0.5) is 14.6 Å². The van der Waals surface area contributed by atoms with Gasteiger partial charge in [-0.2, -0.15) is 0 Å². The predicted molar refractivity (Wildman–Crippen MR) is 98.6 cm³/mol. The van der Waals surface area contributed by atoms with E-state index in [1.807, 2.05) is 0 Å². The number of carboxylic acid groups (broad SMARTS) is 1. The standard InChI is InChI=1S/C17H12BrF2N3O2S/c18-9-5-11(19)10(12(20)6-9)3-4-21-16-7-13(22-8-23-16)14-1-2-15(26-14)17(24)25/h1-2,5-8H,3-4H2,(H,24,25)(H,21,22,23). The molecular formula is C17H12BrF2N3O2S. The number of carboxylic acids is 1. The minimum atomic E-state index is -0.993. The van der Waals surface area contributed by atoms with Crippen LogP contribution in [0.1, 0.15) is 15.2 Å². The molecule has 0 saturated carbocycles. The number of aromatic carboxylic acids is 1. The van der Waals surface area contributed by atoms with Crippen molar-refractivity contribution in [1.82, 2.24) is 9.97 Å². The quantitative estimate of drug-likeness (QED) is 0.586. The minimum Gasteiger partial charge on any atom is -0.477 e. The molecule has 0 unspecified atom stereocenters. The summed E-state index contributed by atoms with van der Waals surface area (Å²) in [6.07, 6.45) is 1.49. The van der Waals surface area contributed by atoms with Gasteiger partial charge in [0.1, 0.15) is 28.7 Å². The summed E-state index contributed by atoms with van der Waals surface area (Å²) >= 11 is 4.15. The Balaban J connectivity index is 1.69. The number of rotatable bonds is 6. The van der Waals surface area contributed by atoms with Gasteiger partial charge in [-0.3, -0.25) is 0 Å². The van der Waals surface area contributed by atoms with Gasteiger partial charge in [-0.25, -0.2) is 23.5 Å². The highest BCUT2D eigenvalue weighted by Gasteiger charge is 2.12. The van der Waals surface area contributed by atoms with E-state index in [1.54, 1.807) is 12.1 Å². The zero-order chi connectivity index (χ0) is 18.7. The fourth-order valence-corrected chi connectivity index (χ4v) is 3.52. The summed E-state index contributed by atoms with van der Waals surface area (Å²) in [6.45, 7) is 0.275. The number of carbonyl (C=O) groups is 1. The molecular weight excluding hydrogens is 428 g/mol. The Morgan fingerprint density at radius 3 is 2.58 bits per heavy atom. The van der Waals surface area contributed by atoms with Crippen LogP contribution in [0.25, 0.3) is 10.6 Å². The first-order chi connectivity index (χ1) is 12.4. The highest BCUT2D eigenvalue weighted by atomic mass is 79.9. The molecule has 0 atom stereocenters. The third kappa shape index (κ3) is 4.23. The number of thiophene rings is 1. The van der Waals surface area contributed by atoms with Crippen LogP contribution in [0.3, 0.4) is 0 Å². The van der Waals surface area contributed by atoms with Gasteiger partial charge in [0, 0.05) is 22.6 Å². The van der Waals surface area contributed by atoms with Gasteiger partial charge >= 0.3 is 5.97 Å². The molecule has 9 heteroatoms. The van der Waals surface area contributed by atoms with E-state index >= 15 is 0 Å². The second kappa shape index (κ2) is 7.88. The van der Waals surface area contributed by atoms with E-state index < -0.39 is 17.6 Å². The maximum atomic E-state index is 13.8. The Kier molecular flexibility index (Phi) is 5.58. The van der Waals surface area contributed by atoms with Gasteiger partial charge in [-0.15, -0.1) is 11.3 Å². The Hall–Kier alpha value is -2.39. The normalized spacial score (nSPS) is 10.7. The Bertz CT molecular complexity index is 942. The number of nitrogens with zero attached hydrogens (tertiary/aromatic N) is 2. The minimum absolute atomic E-state index is 0.000614. The monoisotopic (exact) mass is 439 g/mol. The van der Waals surface area contributed by atoms with Gasteiger partial charge in [-0.1, -0.05) is 15.9 Å². The van der Waals surface area contributed by atoms with Gasteiger partial charge in [0.25, 0.3) is 0 Å². The maximum Gasteiger partial charge on any atom is 0.345 e. The Labute approximate surface area is 159 Å². The van der Waals surface area contributed by atoms with Gasteiger partial charge in [0.15, 0.2) is 0 Å². The van der Waals surface area contributed by atoms with E-state index in [9.17, 15) is 13.6 Å². The van der Waals surface area contributed by atoms with Crippen molar-refractivity contribution in [2.45, 2.75) is 6.42 Å². The van der Waals surface area contributed by atoms with E-state index in [0.717, 1.165) is 11.3 Å². The lowest BCUT2D eigenvalue weighted by Crippen LogP contribution is -2.09. The predicted octanol–water partition coefficient (Wildman–Crippen LogP) is 4.60. The number of hydrogen-bond donors (Lipinski definition) is 2. The largest absolute Gasteiger partial charge is 0.477 e. The van der Waals surface area contributed by atoms with Crippen LogP contribution in [0.5, 0.6) is 0 Å². The highest BCUT2D eigenvalue weighted by Crippen LogP contribution is 2.27. The molecule has 0 fully saturated rings. The number of halogens is 3. The number of aromatic nitrogens is 2. The van der Waals surface area contributed by atoms with E-state index in [2.05, 4.69) is 31.2 Å². The van der Waals surface area contributed by atoms with Crippen molar-refractivity contribution in [3.05, 3.63) is 63.2 Å². The topological polar surface area (TPSA) is 75.1 Å². The fraction of sp³-hybridized carbons (Fsp3) is 0.118. The average molecular weight is 440 g/mol. The molecule has 0 bridgehead atoms. The van der Waals surface area contributed by atoms with Crippen molar-refractivity contribution in [2.75, 3.05) is 11.9 Å². The van der Waals surface area contributed by atoms with Crippen LogP contribution in [0, 0.1) is 11.6 Å². The zero-order valence-corrected chi connectivity index (χ0v) is 15.6. The second-order valence-corrected chi connectivity index (χ2v) is 7.28. The second-order valence-electron chi connectivity index (χ2n) is 5.28. The molecule has 0 radical (unpaired) electrons. The third-order valence-corrected chi connectivity index (χ3v) is 5.08. The molecule has 0 amide bonds. The van der Waals surface area contributed by atoms with Gasteiger partial charge < -0.3 is 10.4 Å². The summed E-state index contributed by atoms with van der Waals surface area (Å²) in [7, 11) is 0. The number of nitrogens with one attached hydrogen (secondary N) is 1. The van der Waals surface area contributed by atoms with Crippen LogP contribution in [-0.2, 0) is 6.42 Å². The van der Waals surface area contributed by atoms with E-state index in [4.69, 9.17) is 5.11 Å². The van der Waals surface area contributed by atoms with Gasteiger partial charge in [-0.05, 0) is 30.7 Å². The Morgan fingerprint density at radius 2 is 1.92 bits per heavy atom. The third-order valence-electron chi connectivity index (χ3n) is 3.52. The van der Waals surface area contributed by atoms with Crippen molar-refractivity contribution >= 4 is 39.1 Å². The van der Waals surface area contributed by atoms with Crippen LogP contribution >= 0.6 is 27.3 Å². The average Bonchev–Trinajstić information content (AvgIpc) is 3.08. The molecule has 0 aliphatic carbocycles. The first kappa shape index (κ1) is 18.4. The zero-order valence-electron chi connectivity index (χ0n) is 13.2. The Morgan fingerprint density at radius 1 is 1.19 bits per heavy atom. The summed E-state index contributed by atoms with van der Waals surface area (Å²) in [4.78, 5) is 20.1. The van der Waals surface area contributed by atoms with Crippen molar-refractivity contribution in [3.8, 4) is 10.6 Å². The molecule has 0 saturated heterocycles. The maximum absolute atomic E-state index is 13.8. The first-order valence-electron chi connectivity index (χ1n) is 7.47.